The van der Waals surface area contributed by atoms with E-state index in [0.717, 1.165) is 11.1 Å². The molecule has 0 aromatic heterocycles. The minimum absolute atomic E-state index is 0.150. The zero-order chi connectivity index (χ0) is 24.1. The third-order valence-corrected chi connectivity index (χ3v) is 7.30. The first-order valence-corrected chi connectivity index (χ1v) is 12.5. The van der Waals surface area contributed by atoms with E-state index in [-0.39, 0.29) is 24.2 Å². The highest BCUT2D eigenvalue weighted by Gasteiger charge is 2.28. The molecule has 1 saturated heterocycles. The van der Waals surface area contributed by atoms with E-state index in [0.29, 0.717) is 35.6 Å². The number of aryl methyl sites for hydroxylation is 1. The Morgan fingerprint density at radius 2 is 1.59 bits per heavy atom. The Bertz CT molecular complexity index is 1310. The van der Waals surface area contributed by atoms with E-state index >= 15 is 0 Å². The average molecular weight is 479 g/mol. The van der Waals surface area contributed by atoms with Gasteiger partial charge in [0.15, 0.2) is 0 Å². The molecule has 9 heteroatoms. The summed E-state index contributed by atoms with van der Waals surface area (Å²) in [4.78, 5) is 24.8. The van der Waals surface area contributed by atoms with Crippen LogP contribution in [0.5, 0.6) is 0 Å². The molecule has 34 heavy (non-hydrogen) atoms. The number of nitrogens with one attached hydrogen (secondary N) is 3. The van der Waals surface area contributed by atoms with Gasteiger partial charge in [0.1, 0.15) is 0 Å². The summed E-state index contributed by atoms with van der Waals surface area (Å²) in [6.45, 7) is 2.69. The molecule has 0 atom stereocenters. The topological polar surface area (TPSA) is 108 Å². The molecule has 1 aliphatic rings. The number of benzene rings is 3. The van der Waals surface area contributed by atoms with Crippen molar-refractivity contribution in [2.45, 2.75) is 19.9 Å². The van der Waals surface area contributed by atoms with Gasteiger partial charge in [-0.15, -0.1) is 0 Å². The van der Waals surface area contributed by atoms with Crippen molar-refractivity contribution in [3.63, 3.8) is 0 Å². The van der Waals surface area contributed by atoms with Gasteiger partial charge in [-0.1, -0.05) is 24.3 Å². The molecule has 0 aliphatic carbocycles. The second-order valence-corrected chi connectivity index (χ2v) is 10.1. The lowest BCUT2D eigenvalue weighted by Crippen LogP contribution is -2.25. The Labute approximate surface area is 199 Å². The van der Waals surface area contributed by atoms with Crippen LogP contribution in [0.3, 0.4) is 0 Å². The molecule has 0 bridgehead atoms. The Kier molecular flexibility index (Phi) is 6.83. The summed E-state index contributed by atoms with van der Waals surface area (Å²) in [6.07, 6.45) is 0.603. The Morgan fingerprint density at radius 1 is 0.912 bits per heavy atom. The molecular formula is C25H26N4O4S. The van der Waals surface area contributed by atoms with Gasteiger partial charge in [0, 0.05) is 30.0 Å². The Morgan fingerprint density at radius 3 is 2.24 bits per heavy atom. The number of rotatable bonds is 6. The summed E-state index contributed by atoms with van der Waals surface area (Å²) in [5, 5.41) is 8.43. The molecular weight excluding hydrogens is 452 g/mol. The number of amides is 3. The predicted molar refractivity (Wildman–Crippen MR) is 134 cm³/mol. The first kappa shape index (κ1) is 23.3. The third kappa shape index (κ3) is 5.74. The van der Waals surface area contributed by atoms with Crippen molar-refractivity contribution in [3.8, 4) is 0 Å². The summed E-state index contributed by atoms with van der Waals surface area (Å²) in [6, 6.07) is 20.9. The van der Waals surface area contributed by atoms with E-state index in [2.05, 4.69) is 16.0 Å². The smallest absolute Gasteiger partial charge is 0.323 e. The fourth-order valence-electron chi connectivity index (χ4n) is 3.77. The second kappa shape index (κ2) is 9.96. The van der Waals surface area contributed by atoms with Crippen LogP contribution in [-0.4, -0.2) is 32.7 Å². The zero-order valence-corrected chi connectivity index (χ0v) is 19.6. The maximum absolute atomic E-state index is 12.5. The van der Waals surface area contributed by atoms with Gasteiger partial charge >= 0.3 is 6.03 Å². The van der Waals surface area contributed by atoms with Crippen molar-refractivity contribution in [2.75, 3.05) is 27.2 Å². The predicted octanol–water partition coefficient (Wildman–Crippen LogP) is 4.11. The van der Waals surface area contributed by atoms with Crippen molar-refractivity contribution in [1.82, 2.24) is 5.32 Å². The van der Waals surface area contributed by atoms with Gasteiger partial charge in [-0.25, -0.2) is 13.2 Å². The SMILES string of the molecule is Cc1cccc(NC(=O)Nc2cccc(CNC(=O)c3ccc(N4CCCS4(=O)=O)cc3)c2)c1. The van der Waals surface area contributed by atoms with Crippen LogP contribution in [0.1, 0.15) is 27.9 Å². The van der Waals surface area contributed by atoms with E-state index in [9.17, 15) is 18.0 Å². The van der Waals surface area contributed by atoms with Crippen LogP contribution in [0.4, 0.5) is 21.9 Å². The molecule has 8 nitrogen and oxygen atoms in total. The number of hydrogen-bond acceptors (Lipinski definition) is 4. The van der Waals surface area contributed by atoms with Crippen LogP contribution in [0.2, 0.25) is 0 Å². The largest absolute Gasteiger partial charge is 0.348 e. The van der Waals surface area contributed by atoms with E-state index < -0.39 is 10.0 Å². The number of carbonyl (C=O) groups is 2. The fourth-order valence-corrected chi connectivity index (χ4v) is 5.33. The number of urea groups is 1. The number of anilines is 3. The molecule has 0 saturated carbocycles. The molecule has 1 heterocycles. The number of carbonyl (C=O) groups excluding carboxylic acids is 2. The van der Waals surface area contributed by atoms with Crippen LogP contribution in [0.25, 0.3) is 0 Å². The van der Waals surface area contributed by atoms with Gasteiger partial charge in [-0.05, 0) is 73.0 Å². The van der Waals surface area contributed by atoms with E-state index in [1.807, 2.05) is 37.3 Å². The fraction of sp³-hybridized carbons (Fsp3) is 0.200. The molecule has 3 N–H and O–H groups in total. The van der Waals surface area contributed by atoms with Crippen LogP contribution in [0, 0.1) is 6.92 Å². The summed E-state index contributed by atoms with van der Waals surface area (Å²) >= 11 is 0. The minimum Gasteiger partial charge on any atom is -0.348 e. The highest BCUT2D eigenvalue weighted by molar-refractivity contribution is 7.93. The van der Waals surface area contributed by atoms with Crippen LogP contribution in [-0.2, 0) is 16.6 Å². The molecule has 3 amide bonds. The first-order chi connectivity index (χ1) is 16.3. The van der Waals surface area contributed by atoms with Crippen molar-refractivity contribution in [3.05, 3.63) is 89.5 Å². The normalized spacial score (nSPS) is 14.4. The molecule has 0 spiro atoms. The van der Waals surface area contributed by atoms with Gasteiger partial charge in [0.2, 0.25) is 10.0 Å². The highest BCUT2D eigenvalue weighted by Crippen LogP contribution is 2.24. The lowest BCUT2D eigenvalue weighted by Gasteiger charge is -2.17. The summed E-state index contributed by atoms with van der Waals surface area (Å²) in [5.41, 5.74) is 4.18. The van der Waals surface area contributed by atoms with Crippen molar-refractivity contribution < 1.29 is 18.0 Å². The van der Waals surface area contributed by atoms with Gasteiger partial charge < -0.3 is 16.0 Å². The van der Waals surface area contributed by atoms with Gasteiger partial charge in [-0.2, -0.15) is 0 Å². The molecule has 4 rings (SSSR count). The van der Waals surface area contributed by atoms with Crippen molar-refractivity contribution in [1.29, 1.82) is 0 Å². The maximum atomic E-state index is 12.5. The van der Waals surface area contributed by atoms with Crippen LogP contribution in [0.15, 0.2) is 72.8 Å². The first-order valence-electron chi connectivity index (χ1n) is 10.9. The molecule has 1 fully saturated rings. The third-order valence-electron chi connectivity index (χ3n) is 5.43. The van der Waals surface area contributed by atoms with E-state index in [1.165, 1.54) is 4.31 Å². The van der Waals surface area contributed by atoms with Gasteiger partial charge in [0.25, 0.3) is 5.91 Å². The van der Waals surface area contributed by atoms with E-state index in [4.69, 9.17) is 0 Å². The minimum atomic E-state index is -3.25. The quantitative estimate of drug-likeness (QED) is 0.496. The highest BCUT2D eigenvalue weighted by atomic mass is 32.2. The molecule has 3 aromatic rings. The second-order valence-electron chi connectivity index (χ2n) is 8.12. The average Bonchev–Trinajstić information content (AvgIpc) is 3.16. The molecule has 0 unspecified atom stereocenters. The summed E-state index contributed by atoms with van der Waals surface area (Å²) in [7, 11) is -3.25. The Hall–Kier alpha value is -3.85. The number of nitrogens with zero attached hydrogens (tertiary/aromatic N) is 1. The lowest BCUT2D eigenvalue weighted by molar-refractivity contribution is 0.0951. The van der Waals surface area contributed by atoms with Crippen molar-refractivity contribution >= 4 is 39.0 Å². The van der Waals surface area contributed by atoms with Gasteiger partial charge in [0.05, 0.1) is 11.4 Å². The summed E-state index contributed by atoms with van der Waals surface area (Å²) in [5.74, 6) is -0.122. The van der Waals surface area contributed by atoms with Crippen LogP contribution < -0.4 is 20.3 Å². The number of sulfonamides is 1. The molecule has 176 valence electrons. The standard InChI is InChI=1S/C25H26N4O4S/c1-18-5-2-7-21(15-18)27-25(31)28-22-8-3-6-19(16-22)17-26-24(30)20-9-11-23(12-10-20)29-13-4-14-34(29,32)33/h2-3,5-12,15-16H,4,13-14,17H2,1H3,(H,26,30)(H2,27,28,31). The molecule has 3 aromatic carbocycles. The molecule has 1 aliphatic heterocycles. The van der Waals surface area contributed by atoms with Gasteiger partial charge in [-0.3, -0.25) is 9.10 Å². The maximum Gasteiger partial charge on any atom is 0.323 e. The van der Waals surface area contributed by atoms with Crippen molar-refractivity contribution in [2.24, 2.45) is 0 Å². The van der Waals surface area contributed by atoms with Crippen LogP contribution >= 0.6 is 0 Å². The lowest BCUT2D eigenvalue weighted by atomic mass is 10.1. The summed E-state index contributed by atoms with van der Waals surface area (Å²) < 4.78 is 25.5. The monoisotopic (exact) mass is 478 g/mol. The number of hydrogen-bond donors (Lipinski definition) is 3. The van der Waals surface area contributed by atoms with E-state index in [1.54, 1.807) is 42.5 Å². The zero-order valence-electron chi connectivity index (χ0n) is 18.7. The Balaban J connectivity index is 1.32. The molecule has 0 radical (unpaired) electrons.